The third-order valence-corrected chi connectivity index (χ3v) is 3.79. The first kappa shape index (κ1) is 14.6. The Morgan fingerprint density at radius 3 is 2.55 bits per heavy atom. The molecule has 0 saturated heterocycles. The summed E-state index contributed by atoms with van der Waals surface area (Å²) >= 11 is 3.43. The van der Waals surface area contributed by atoms with Crippen LogP contribution in [0.5, 0.6) is 5.75 Å². The number of nitrogens with one attached hydrogen (secondary N) is 1. The molecule has 1 amide bonds. The highest BCUT2D eigenvalue weighted by Crippen LogP contribution is 2.21. The summed E-state index contributed by atoms with van der Waals surface area (Å²) in [5, 5.41) is 2.88. The van der Waals surface area contributed by atoms with Gasteiger partial charge in [0.25, 0.3) is 5.91 Å². The molecule has 2 rings (SSSR count). The molecular weight excluding hydrogens is 318 g/mol. The molecule has 0 bridgehead atoms. The second kappa shape index (κ2) is 6.57. The van der Waals surface area contributed by atoms with E-state index >= 15 is 0 Å². The average molecular weight is 334 g/mol. The van der Waals surface area contributed by atoms with Crippen LogP contribution in [0.3, 0.4) is 0 Å². The van der Waals surface area contributed by atoms with Crippen LogP contribution in [0.2, 0.25) is 0 Å². The molecule has 2 aromatic rings. The Morgan fingerprint density at radius 1 is 1.20 bits per heavy atom. The maximum Gasteiger partial charge on any atom is 0.255 e. The van der Waals surface area contributed by atoms with Crippen molar-refractivity contribution in [1.82, 2.24) is 0 Å². The average Bonchev–Trinajstić information content (AvgIpc) is 2.44. The molecule has 0 aliphatic rings. The van der Waals surface area contributed by atoms with E-state index in [2.05, 4.69) is 21.2 Å². The van der Waals surface area contributed by atoms with E-state index in [1.807, 2.05) is 56.3 Å². The summed E-state index contributed by atoms with van der Waals surface area (Å²) in [6.45, 7) is 4.48. The van der Waals surface area contributed by atoms with E-state index in [1.54, 1.807) is 0 Å². The smallest absolute Gasteiger partial charge is 0.255 e. The van der Waals surface area contributed by atoms with E-state index in [-0.39, 0.29) is 5.91 Å². The maximum atomic E-state index is 12.2. The molecule has 4 heteroatoms. The Kier molecular flexibility index (Phi) is 4.79. The van der Waals surface area contributed by atoms with Crippen LogP contribution < -0.4 is 10.1 Å². The van der Waals surface area contributed by atoms with Crippen molar-refractivity contribution in [3.05, 3.63) is 58.1 Å². The van der Waals surface area contributed by atoms with Crippen molar-refractivity contribution in [3.63, 3.8) is 0 Å². The fraction of sp³-hybridized carbons (Fsp3) is 0.188. The lowest BCUT2D eigenvalue weighted by atomic mass is 10.1. The summed E-state index contributed by atoms with van der Waals surface area (Å²) in [6.07, 6.45) is 0. The molecule has 0 atom stereocenters. The largest absolute Gasteiger partial charge is 0.494 e. The van der Waals surface area contributed by atoms with Crippen molar-refractivity contribution >= 4 is 27.5 Å². The Hall–Kier alpha value is -1.81. The summed E-state index contributed by atoms with van der Waals surface area (Å²) in [4.78, 5) is 12.2. The molecule has 0 saturated carbocycles. The first-order chi connectivity index (χ1) is 9.61. The van der Waals surface area contributed by atoms with E-state index in [0.29, 0.717) is 12.2 Å². The standard InChI is InChI=1S/C16H16BrNO2/c1-3-20-13-9-7-12(8-10-13)18-16(19)14-5-4-6-15(17)11(14)2/h4-10H,3H2,1-2H3,(H,18,19). The van der Waals surface area contributed by atoms with Crippen LogP contribution >= 0.6 is 15.9 Å². The van der Waals surface area contributed by atoms with Crippen molar-refractivity contribution < 1.29 is 9.53 Å². The number of anilines is 1. The summed E-state index contributed by atoms with van der Waals surface area (Å²) in [5.74, 6) is 0.678. The topological polar surface area (TPSA) is 38.3 Å². The fourth-order valence-electron chi connectivity index (χ4n) is 1.85. The quantitative estimate of drug-likeness (QED) is 0.899. The zero-order valence-corrected chi connectivity index (χ0v) is 13.0. The fourth-order valence-corrected chi connectivity index (χ4v) is 2.22. The van der Waals surface area contributed by atoms with Crippen molar-refractivity contribution in [2.75, 3.05) is 11.9 Å². The molecule has 20 heavy (non-hydrogen) atoms. The number of ether oxygens (including phenoxy) is 1. The summed E-state index contributed by atoms with van der Waals surface area (Å²) in [7, 11) is 0. The van der Waals surface area contributed by atoms with Gasteiger partial charge in [-0.05, 0) is 55.8 Å². The van der Waals surface area contributed by atoms with Crippen molar-refractivity contribution in [1.29, 1.82) is 0 Å². The molecule has 104 valence electrons. The Bertz CT molecular complexity index is 608. The Balaban J connectivity index is 2.13. The minimum atomic E-state index is -0.118. The van der Waals surface area contributed by atoms with Crippen LogP contribution in [0.4, 0.5) is 5.69 Å². The van der Waals surface area contributed by atoms with Gasteiger partial charge in [0, 0.05) is 15.7 Å². The normalized spacial score (nSPS) is 10.2. The minimum Gasteiger partial charge on any atom is -0.494 e. The molecule has 0 heterocycles. The van der Waals surface area contributed by atoms with E-state index < -0.39 is 0 Å². The lowest BCUT2D eigenvalue weighted by molar-refractivity contribution is 0.102. The van der Waals surface area contributed by atoms with Gasteiger partial charge in [0.1, 0.15) is 5.75 Å². The third kappa shape index (κ3) is 3.39. The van der Waals surface area contributed by atoms with Gasteiger partial charge >= 0.3 is 0 Å². The monoisotopic (exact) mass is 333 g/mol. The molecule has 3 nitrogen and oxygen atoms in total. The predicted octanol–water partition coefficient (Wildman–Crippen LogP) is 4.41. The molecule has 0 unspecified atom stereocenters. The van der Waals surface area contributed by atoms with Crippen LogP contribution in [-0.4, -0.2) is 12.5 Å². The van der Waals surface area contributed by atoms with Gasteiger partial charge in [-0.2, -0.15) is 0 Å². The van der Waals surface area contributed by atoms with Crippen LogP contribution in [0.1, 0.15) is 22.8 Å². The summed E-state index contributed by atoms with van der Waals surface area (Å²) < 4.78 is 6.29. The molecule has 0 radical (unpaired) electrons. The van der Waals surface area contributed by atoms with Crippen LogP contribution in [-0.2, 0) is 0 Å². The van der Waals surface area contributed by atoms with Crippen molar-refractivity contribution in [3.8, 4) is 5.75 Å². The van der Waals surface area contributed by atoms with Gasteiger partial charge in [-0.3, -0.25) is 4.79 Å². The lowest BCUT2D eigenvalue weighted by Crippen LogP contribution is -2.13. The van der Waals surface area contributed by atoms with E-state index in [4.69, 9.17) is 4.74 Å². The first-order valence-electron chi connectivity index (χ1n) is 6.41. The molecule has 0 aromatic heterocycles. The van der Waals surface area contributed by atoms with Crippen LogP contribution in [0, 0.1) is 6.92 Å². The molecule has 2 aromatic carbocycles. The van der Waals surface area contributed by atoms with Crippen LogP contribution in [0.25, 0.3) is 0 Å². The number of hydrogen-bond donors (Lipinski definition) is 1. The van der Waals surface area contributed by atoms with Crippen LogP contribution in [0.15, 0.2) is 46.9 Å². The van der Waals surface area contributed by atoms with Gasteiger partial charge in [0.2, 0.25) is 0 Å². The predicted molar refractivity (Wildman–Crippen MR) is 84.4 cm³/mol. The molecule has 0 fully saturated rings. The number of halogens is 1. The van der Waals surface area contributed by atoms with E-state index in [9.17, 15) is 4.79 Å². The van der Waals surface area contributed by atoms with Crippen molar-refractivity contribution in [2.24, 2.45) is 0 Å². The Labute approximate surface area is 127 Å². The summed E-state index contributed by atoms with van der Waals surface area (Å²) in [5.41, 5.74) is 2.34. The molecule has 1 N–H and O–H groups in total. The van der Waals surface area contributed by atoms with E-state index in [1.165, 1.54) is 0 Å². The highest BCUT2D eigenvalue weighted by Gasteiger charge is 2.10. The molecular formula is C16H16BrNO2. The zero-order chi connectivity index (χ0) is 14.5. The van der Waals surface area contributed by atoms with E-state index in [0.717, 1.165) is 21.5 Å². The van der Waals surface area contributed by atoms with Gasteiger partial charge < -0.3 is 10.1 Å². The molecule has 0 spiro atoms. The van der Waals surface area contributed by atoms with Gasteiger partial charge in [-0.25, -0.2) is 0 Å². The van der Waals surface area contributed by atoms with Gasteiger partial charge in [0.15, 0.2) is 0 Å². The van der Waals surface area contributed by atoms with Gasteiger partial charge in [0.05, 0.1) is 6.61 Å². The third-order valence-electron chi connectivity index (χ3n) is 2.94. The number of benzene rings is 2. The SMILES string of the molecule is CCOc1ccc(NC(=O)c2cccc(Br)c2C)cc1. The van der Waals surface area contributed by atoms with Crippen molar-refractivity contribution in [2.45, 2.75) is 13.8 Å². The molecule has 0 aliphatic carbocycles. The number of amides is 1. The maximum absolute atomic E-state index is 12.2. The number of carbonyl (C=O) groups is 1. The second-order valence-electron chi connectivity index (χ2n) is 4.32. The number of rotatable bonds is 4. The minimum absolute atomic E-state index is 0.118. The molecule has 0 aliphatic heterocycles. The number of hydrogen-bond acceptors (Lipinski definition) is 2. The first-order valence-corrected chi connectivity index (χ1v) is 7.20. The summed E-state index contributed by atoms with van der Waals surface area (Å²) in [6, 6.07) is 12.9. The van der Waals surface area contributed by atoms with Gasteiger partial charge in [-0.1, -0.05) is 22.0 Å². The lowest BCUT2D eigenvalue weighted by Gasteiger charge is -2.09. The second-order valence-corrected chi connectivity index (χ2v) is 5.18. The highest BCUT2D eigenvalue weighted by molar-refractivity contribution is 9.10. The number of carbonyl (C=O) groups excluding carboxylic acids is 1. The highest BCUT2D eigenvalue weighted by atomic mass is 79.9. The zero-order valence-electron chi connectivity index (χ0n) is 11.4. The Morgan fingerprint density at radius 2 is 1.90 bits per heavy atom. The van der Waals surface area contributed by atoms with Gasteiger partial charge in [-0.15, -0.1) is 0 Å².